The minimum atomic E-state index is -1.32. The second-order valence-electron chi connectivity index (χ2n) is 1.53. The maximum Gasteiger partial charge on any atom is 0.347 e. The lowest BCUT2D eigenvalue weighted by Crippen LogP contribution is -1.92. The summed E-state index contributed by atoms with van der Waals surface area (Å²) in [6, 6.07) is 0. The molecule has 0 saturated carbocycles. The van der Waals surface area contributed by atoms with Crippen molar-refractivity contribution in [3.8, 4) is 0 Å². The number of aldehydes is 1. The van der Waals surface area contributed by atoms with Gasteiger partial charge in [-0.15, -0.1) is 0 Å². The number of aliphatic hydroxyl groups is 1. The Balaban J connectivity index is 4.34. The molecule has 0 atom stereocenters. The Labute approximate surface area is 67.4 Å². The highest BCUT2D eigenvalue weighted by Crippen LogP contribution is 2.01. The van der Waals surface area contributed by atoms with E-state index in [1.54, 1.807) is 0 Å². The predicted octanol–water partition coefficient (Wildman–Crippen LogP) is 0.835. The first-order valence-electron chi connectivity index (χ1n) is 2.53. The van der Waals surface area contributed by atoms with Crippen molar-refractivity contribution < 1.29 is 19.8 Å². The zero-order chi connectivity index (χ0) is 8.85. The summed E-state index contributed by atoms with van der Waals surface area (Å²) in [7, 11) is 0. The van der Waals surface area contributed by atoms with Gasteiger partial charge < -0.3 is 10.2 Å². The first-order chi connectivity index (χ1) is 5.07. The second-order valence-corrected chi connectivity index (χ2v) is 1.94. The van der Waals surface area contributed by atoms with Crippen molar-refractivity contribution >= 4 is 23.9 Å². The van der Waals surface area contributed by atoms with Crippen LogP contribution in [0.2, 0.25) is 0 Å². The summed E-state index contributed by atoms with van der Waals surface area (Å²) in [5.41, 5.74) is 0. The third kappa shape index (κ3) is 4.16. The molecule has 0 fully saturated rings. The number of halogens is 1. The first kappa shape index (κ1) is 9.71. The van der Waals surface area contributed by atoms with Gasteiger partial charge in [-0.25, -0.2) is 4.79 Å². The third-order valence-electron chi connectivity index (χ3n) is 0.725. The maximum absolute atomic E-state index is 10.0. The molecular weight excluding hydrogens is 172 g/mol. The minimum absolute atomic E-state index is 0.169. The minimum Gasteiger partial charge on any atom is -0.505 e. The Morgan fingerprint density at radius 3 is 2.18 bits per heavy atom. The van der Waals surface area contributed by atoms with E-state index in [2.05, 4.69) is 0 Å². The molecule has 2 N–H and O–H groups in total. The lowest BCUT2D eigenvalue weighted by molar-refractivity contribution is -0.131. The molecule has 0 saturated heterocycles. The number of carbonyl (C=O) groups excluding carboxylic acids is 1. The number of hydrogen-bond donors (Lipinski definition) is 2. The predicted molar refractivity (Wildman–Crippen MR) is 38.3 cm³/mol. The molecule has 0 heterocycles. The SMILES string of the molecule is O=C/C(O)=C/C=C(\Cl)C(=O)O. The van der Waals surface area contributed by atoms with E-state index in [4.69, 9.17) is 21.8 Å². The molecule has 0 aliphatic carbocycles. The van der Waals surface area contributed by atoms with Crippen LogP contribution in [-0.4, -0.2) is 22.5 Å². The molecule has 0 unspecified atom stereocenters. The van der Waals surface area contributed by atoms with Crippen LogP contribution in [0.15, 0.2) is 22.9 Å². The molecule has 0 rings (SSSR count). The summed E-state index contributed by atoms with van der Waals surface area (Å²) in [5, 5.41) is 16.2. The van der Waals surface area contributed by atoms with E-state index in [1.165, 1.54) is 0 Å². The Morgan fingerprint density at radius 1 is 1.27 bits per heavy atom. The number of allylic oxidation sites excluding steroid dienone is 3. The van der Waals surface area contributed by atoms with Crippen molar-refractivity contribution in [3.63, 3.8) is 0 Å². The smallest absolute Gasteiger partial charge is 0.347 e. The zero-order valence-corrected chi connectivity index (χ0v) is 6.08. The van der Waals surface area contributed by atoms with E-state index in [1.807, 2.05) is 0 Å². The normalized spacial score (nSPS) is 12.8. The summed E-state index contributed by atoms with van der Waals surface area (Å²) in [4.78, 5) is 19.7. The van der Waals surface area contributed by atoms with Crippen LogP contribution in [0.1, 0.15) is 0 Å². The standard InChI is InChI=1S/C6H5ClO4/c7-5(6(10)11)2-1-4(9)3-8/h1-3,9H,(H,10,11)/b4-1-,5-2-. The molecule has 0 aromatic rings. The van der Waals surface area contributed by atoms with Gasteiger partial charge in [-0.05, 0) is 12.2 Å². The van der Waals surface area contributed by atoms with Crippen molar-refractivity contribution in [3.05, 3.63) is 22.9 Å². The van der Waals surface area contributed by atoms with Crippen molar-refractivity contribution in [1.82, 2.24) is 0 Å². The van der Waals surface area contributed by atoms with Crippen molar-refractivity contribution in [2.24, 2.45) is 0 Å². The third-order valence-corrected chi connectivity index (χ3v) is 1.01. The van der Waals surface area contributed by atoms with Gasteiger partial charge in [0.1, 0.15) is 5.03 Å². The van der Waals surface area contributed by atoms with E-state index >= 15 is 0 Å². The van der Waals surface area contributed by atoms with E-state index < -0.39 is 16.8 Å². The van der Waals surface area contributed by atoms with Gasteiger partial charge in [0, 0.05) is 0 Å². The van der Waals surface area contributed by atoms with Crippen LogP contribution in [0, 0.1) is 0 Å². The quantitative estimate of drug-likeness (QED) is 0.289. The van der Waals surface area contributed by atoms with Crippen LogP contribution in [0.4, 0.5) is 0 Å². The van der Waals surface area contributed by atoms with Crippen molar-refractivity contribution in [2.45, 2.75) is 0 Å². The molecule has 0 aromatic heterocycles. The molecule has 0 aliphatic heterocycles. The van der Waals surface area contributed by atoms with E-state index in [-0.39, 0.29) is 6.29 Å². The largest absolute Gasteiger partial charge is 0.505 e. The summed E-state index contributed by atoms with van der Waals surface area (Å²) < 4.78 is 0. The van der Waals surface area contributed by atoms with Crippen molar-refractivity contribution in [2.75, 3.05) is 0 Å². The fourth-order valence-electron chi connectivity index (χ4n) is 0.269. The fourth-order valence-corrected chi connectivity index (χ4v) is 0.332. The van der Waals surface area contributed by atoms with Crippen LogP contribution in [0.5, 0.6) is 0 Å². The van der Waals surface area contributed by atoms with Crippen LogP contribution >= 0.6 is 11.6 Å². The first-order valence-corrected chi connectivity index (χ1v) is 2.90. The lowest BCUT2D eigenvalue weighted by atomic mass is 10.4. The second kappa shape index (κ2) is 4.51. The van der Waals surface area contributed by atoms with Crippen molar-refractivity contribution in [1.29, 1.82) is 0 Å². The lowest BCUT2D eigenvalue weighted by Gasteiger charge is -1.85. The number of carbonyl (C=O) groups is 2. The van der Waals surface area contributed by atoms with Gasteiger partial charge in [-0.2, -0.15) is 0 Å². The van der Waals surface area contributed by atoms with Gasteiger partial charge in [0.15, 0.2) is 12.0 Å². The zero-order valence-electron chi connectivity index (χ0n) is 5.32. The number of aliphatic hydroxyl groups excluding tert-OH is 1. The van der Waals surface area contributed by atoms with Gasteiger partial charge in [0.05, 0.1) is 0 Å². The highest BCUT2D eigenvalue weighted by molar-refractivity contribution is 6.41. The highest BCUT2D eigenvalue weighted by atomic mass is 35.5. The van der Waals surface area contributed by atoms with Gasteiger partial charge in [-0.1, -0.05) is 11.6 Å². The molecule has 0 bridgehead atoms. The fraction of sp³-hybridized carbons (Fsp3) is 0. The molecule has 0 aromatic carbocycles. The summed E-state index contributed by atoms with van der Waals surface area (Å²) in [6.45, 7) is 0. The van der Waals surface area contributed by atoms with E-state index in [9.17, 15) is 9.59 Å². The molecule has 0 aliphatic rings. The number of carboxylic acid groups (broad SMARTS) is 1. The molecule has 0 amide bonds. The summed E-state index contributed by atoms with van der Waals surface area (Å²) in [6.07, 6.45) is 1.97. The highest BCUT2D eigenvalue weighted by Gasteiger charge is 1.99. The Kier molecular flexibility index (Phi) is 3.98. The van der Waals surface area contributed by atoms with Crippen LogP contribution in [0.25, 0.3) is 0 Å². The Morgan fingerprint density at radius 2 is 1.82 bits per heavy atom. The van der Waals surface area contributed by atoms with Crippen LogP contribution < -0.4 is 0 Å². The van der Waals surface area contributed by atoms with Crippen LogP contribution in [0.3, 0.4) is 0 Å². The topological polar surface area (TPSA) is 74.6 Å². The van der Waals surface area contributed by atoms with Gasteiger partial charge >= 0.3 is 5.97 Å². The molecule has 0 radical (unpaired) electrons. The molecule has 60 valence electrons. The average Bonchev–Trinajstić information content (AvgIpc) is 1.99. The molecule has 4 nitrogen and oxygen atoms in total. The number of rotatable bonds is 3. The molecule has 0 spiro atoms. The maximum atomic E-state index is 10.0. The summed E-state index contributed by atoms with van der Waals surface area (Å²) >= 11 is 5.11. The molecular formula is C6H5ClO4. The Bertz CT molecular complexity index is 229. The van der Waals surface area contributed by atoms with Gasteiger partial charge in [0.2, 0.25) is 0 Å². The molecule has 11 heavy (non-hydrogen) atoms. The summed E-state index contributed by atoms with van der Waals surface area (Å²) in [5.74, 6) is -1.90. The van der Waals surface area contributed by atoms with Gasteiger partial charge in [-0.3, -0.25) is 4.79 Å². The van der Waals surface area contributed by atoms with E-state index in [0.29, 0.717) is 0 Å². The van der Waals surface area contributed by atoms with Gasteiger partial charge in [0.25, 0.3) is 0 Å². The Hall–Kier alpha value is -1.29. The number of carboxylic acids is 1. The average molecular weight is 177 g/mol. The number of aliphatic carboxylic acids is 1. The van der Waals surface area contributed by atoms with Crippen LogP contribution in [-0.2, 0) is 9.59 Å². The van der Waals surface area contributed by atoms with E-state index in [0.717, 1.165) is 12.2 Å². The molecule has 5 heteroatoms. The number of hydrogen-bond acceptors (Lipinski definition) is 3. The monoisotopic (exact) mass is 176 g/mol.